The average Bonchev–Trinajstić information content (AvgIpc) is 2.53. The van der Waals surface area contributed by atoms with E-state index >= 15 is 0 Å². The fourth-order valence-corrected chi connectivity index (χ4v) is 4.95. The van der Waals surface area contributed by atoms with Gasteiger partial charge in [0.15, 0.2) is 10.3 Å². The molecule has 1 saturated heterocycles. The van der Waals surface area contributed by atoms with Crippen molar-refractivity contribution in [3.05, 3.63) is 35.9 Å². The molecule has 1 heterocycles. The van der Waals surface area contributed by atoms with Gasteiger partial charge in [0.1, 0.15) is 12.6 Å². The highest BCUT2D eigenvalue weighted by Gasteiger charge is 2.39. The molecule has 0 spiro atoms. The smallest absolute Gasteiger partial charge is 0.408 e. The third-order valence-corrected chi connectivity index (χ3v) is 6.58. The summed E-state index contributed by atoms with van der Waals surface area (Å²) < 4.78 is 51.2. The Kier molecular flexibility index (Phi) is 6.37. The Bertz CT molecular complexity index is 817. The number of nitrogens with two attached hydrogens (primary N) is 1. The first-order chi connectivity index (χ1) is 12.1. The Morgan fingerprint density at radius 1 is 1.38 bits per heavy atom. The zero-order chi connectivity index (χ0) is 19.4. The van der Waals surface area contributed by atoms with Gasteiger partial charge in [0.2, 0.25) is 0 Å². The molecule has 2 rings (SSSR count). The monoisotopic (exact) mass is 405 g/mol. The quantitative estimate of drug-likeness (QED) is 0.439. The van der Waals surface area contributed by atoms with Crippen LogP contribution in [-0.4, -0.2) is 42.2 Å². The van der Waals surface area contributed by atoms with Gasteiger partial charge in [-0.1, -0.05) is 30.3 Å². The second-order valence-corrected chi connectivity index (χ2v) is 8.90. The minimum atomic E-state index is -5.13. The van der Waals surface area contributed by atoms with Crippen molar-refractivity contribution in [2.75, 3.05) is 6.54 Å². The van der Waals surface area contributed by atoms with Gasteiger partial charge in [0.25, 0.3) is 5.91 Å². The van der Waals surface area contributed by atoms with E-state index in [1.165, 1.54) is 4.49 Å². The molecule has 0 bridgehead atoms. The van der Waals surface area contributed by atoms with E-state index in [9.17, 15) is 27.1 Å². The minimum Gasteiger partial charge on any atom is -0.735 e. The van der Waals surface area contributed by atoms with Crippen LogP contribution in [0.4, 0.5) is 4.79 Å². The maximum Gasteiger partial charge on any atom is 0.408 e. The van der Waals surface area contributed by atoms with Crippen molar-refractivity contribution >= 4 is 29.9 Å². The average molecular weight is 405 g/mol. The van der Waals surface area contributed by atoms with Gasteiger partial charge in [-0.3, -0.25) is 19.5 Å². The molecular formula is C13H18N4O7PS-. The second-order valence-electron chi connectivity index (χ2n) is 5.53. The summed E-state index contributed by atoms with van der Waals surface area (Å²) in [4.78, 5) is 24.2. The van der Waals surface area contributed by atoms with E-state index in [-0.39, 0.29) is 26.0 Å². The summed E-state index contributed by atoms with van der Waals surface area (Å²) in [5, 5.41) is 2.32. The van der Waals surface area contributed by atoms with E-state index in [2.05, 4.69) is 5.32 Å². The van der Waals surface area contributed by atoms with Gasteiger partial charge < -0.3 is 14.6 Å². The van der Waals surface area contributed by atoms with Crippen LogP contribution in [0.5, 0.6) is 0 Å². The summed E-state index contributed by atoms with van der Waals surface area (Å²) in [6.07, 6.45) is -0.359. The fraction of sp³-hybridized carbons (Fsp3) is 0.385. The topological polar surface area (TPSA) is 171 Å². The van der Waals surface area contributed by atoms with E-state index in [1.54, 1.807) is 30.3 Å². The summed E-state index contributed by atoms with van der Waals surface area (Å²) >= 11 is 0. The first-order valence-electron chi connectivity index (χ1n) is 7.51. The van der Waals surface area contributed by atoms with Crippen molar-refractivity contribution in [1.29, 1.82) is 0 Å². The molecular weight excluding hydrogens is 387 g/mol. The van der Waals surface area contributed by atoms with Crippen LogP contribution < -0.4 is 15.3 Å². The summed E-state index contributed by atoms with van der Waals surface area (Å²) in [6.45, 7) is -0.130. The van der Waals surface area contributed by atoms with E-state index in [0.29, 0.717) is 4.67 Å². The molecule has 11 nitrogen and oxygen atoms in total. The molecule has 26 heavy (non-hydrogen) atoms. The van der Waals surface area contributed by atoms with Gasteiger partial charge in [-0.15, -0.1) is 4.49 Å². The van der Waals surface area contributed by atoms with E-state index < -0.39 is 35.9 Å². The van der Waals surface area contributed by atoms with Crippen LogP contribution in [0.1, 0.15) is 18.4 Å². The number of hydrogen-bond acceptors (Lipinski definition) is 7. The van der Waals surface area contributed by atoms with Gasteiger partial charge >= 0.3 is 13.7 Å². The predicted octanol–water partition coefficient (Wildman–Crippen LogP) is 0.0204. The first-order valence-corrected chi connectivity index (χ1v) is 10.6. The number of amides is 2. The number of carbonyl (C=O) groups is 2. The van der Waals surface area contributed by atoms with E-state index in [1.807, 2.05) is 0 Å². The largest absolute Gasteiger partial charge is 0.735 e. The van der Waals surface area contributed by atoms with Crippen molar-refractivity contribution in [3.63, 3.8) is 0 Å². The Morgan fingerprint density at radius 3 is 2.65 bits per heavy atom. The molecule has 13 heteroatoms. The number of benzene rings is 1. The van der Waals surface area contributed by atoms with Gasteiger partial charge in [0.05, 0.1) is 0 Å². The summed E-state index contributed by atoms with van der Waals surface area (Å²) in [6, 6.07) is 7.76. The number of nitrogens with one attached hydrogen (secondary N) is 2. The molecule has 0 aliphatic carbocycles. The van der Waals surface area contributed by atoms with Gasteiger partial charge in [-0.25, -0.2) is 13.2 Å². The Hall–Kier alpha value is -1.98. The lowest BCUT2D eigenvalue weighted by Crippen LogP contribution is -2.53. The summed E-state index contributed by atoms with van der Waals surface area (Å²) in [5.41, 5.74) is 6.07. The normalized spacial score (nSPS) is 20.3. The molecule has 1 aliphatic rings. The SMILES string of the molecule is N[P@](=O)(NS(=O)(=O)[O-])N1CCC[C@H](NC(=O)OCc2ccccc2)C1=O. The number of alkyl carbamates (subject to hydrolysis) is 1. The third kappa shape index (κ3) is 5.78. The fourth-order valence-electron chi connectivity index (χ4n) is 2.40. The summed E-state index contributed by atoms with van der Waals surface area (Å²) in [5.74, 6) is -0.866. The van der Waals surface area contributed by atoms with Crippen LogP contribution in [-0.2, 0) is 31.0 Å². The van der Waals surface area contributed by atoms with Crippen LogP contribution in [0.3, 0.4) is 0 Å². The molecule has 0 aromatic heterocycles. The lowest BCUT2D eigenvalue weighted by molar-refractivity contribution is -0.130. The molecule has 1 aromatic carbocycles. The number of ether oxygens (including phenoxy) is 1. The highest BCUT2D eigenvalue weighted by Crippen LogP contribution is 2.40. The maximum absolute atomic E-state index is 12.3. The molecule has 2 atom stereocenters. The summed E-state index contributed by atoms with van der Waals surface area (Å²) in [7, 11) is -9.58. The molecule has 1 aliphatic heterocycles. The lowest BCUT2D eigenvalue weighted by atomic mass is 10.1. The van der Waals surface area contributed by atoms with Crippen molar-refractivity contribution in [3.8, 4) is 0 Å². The Labute approximate surface area is 150 Å². The van der Waals surface area contributed by atoms with Gasteiger partial charge in [-0.05, 0) is 18.4 Å². The minimum absolute atomic E-state index is 0.0112. The first kappa shape index (κ1) is 20.3. The predicted molar refractivity (Wildman–Crippen MR) is 89.1 cm³/mol. The molecule has 0 unspecified atom stereocenters. The van der Waals surface area contributed by atoms with Crippen molar-refractivity contribution in [2.24, 2.45) is 5.50 Å². The van der Waals surface area contributed by atoms with Crippen LogP contribution in [0, 0.1) is 0 Å². The molecule has 2 amide bonds. The van der Waals surface area contributed by atoms with Crippen LogP contribution in [0.25, 0.3) is 0 Å². The Morgan fingerprint density at radius 2 is 2.04 bits per heavy atom. The number of rotatable bonds is 6. The van der Waals surface area contributed by atoms with Crippen LogP contribution >= 0.6 is 7.59 Å². The van der Waals surface area contributed by atoms with Crippen molar-refractivity contribution in [1.82, 2.24) is 14.5 Å². The number of carbonyl (C=O) groups excluding carboxylic acids is 2. The highest BCUT2D eigenvalue weighted by atomic mass is 32.2. The number of nitrogens with zero attached hydrogens (tertiary/aromatic N) is 1. The van der Waals surface area contributed by atoms with Crippen molar-refractivity contribution in [2.45, 2.75) is 25.5 Å². The number of hydrogen-bond donors (Lipinski definition) is 3. The molecule has 1 fully saturated rings. The molecule has 1 aromatic rings. The van der Waals surface area contributed by atoms with Crippen molar-refractivity contribution < 1.29 is 31.9 Å². The highest BCUT2D eigenvalue weighted by molar-refractivity contribution is 7.90. The lowest BCUT2D eigenvalue weighted by Gasteiger charge is -2.35. The zero-order valence-corrected chi connectivity index (χ0v) is 15.2. The van der Waals surface area contributed by atoms with Gasteiger partial charge in [-0.2, -0.15) is 0 Å². The van der Waals surface area contributed by atoms with E-state index in [4.69, 9.17) is 10.2 Å². The second kappa shape index (κ2) is 8.14. The van der Waals surface area contributed by atoms with Crippen LogP contribution in [0.2, 0.25) is 0 Å². The molecule has 144 valence electrons. The molecule has 4 N–H and O–H groups in total. The third-order valence-electron chi connectivity index (χ3n) is 3.52. The van der Waals surface area contributed by atoms with Gasteiger partial charge in [0, 0.05) is 6.54 Å². The maximum atomic E-state index is 12.3. The zero-order valence-electron chi connectivity index (χ0n) is 13.5. The van der Waals surface area contributed by atoms with E-state index in [0.717, 1.165) is 5.56 Å². The van der Waals surface area contributed by atoms with Crippen LogP contribution in [0.15, 0.2) is 30.3 Å². The number of piperidine rings is 1. The molecule has 0 saturated carbocycles. The Balaban J connectivity index is 1.96. The standard InChI is InChI=1S/C13H19N4O7PS/c14-25(20,16-26(21,22)23)17-8-4-7-11(12(17)18)15-13(19)24-9-10-5-2-1-3-6-10/h1-3,5-6,11H,4,7-9H2,(H,15,19)(H3,14,16,20)(H,21,22,23)/p-1/t11-,25-/m0/s1. The molecule has 0 radical (unpaired) electrons.